The van der Waals surface area contributed by atoms with E-state index in [4.69, 9.17) is 5.84 Å². The normalized spacial score (nSPS) is 37.1. The summed E-state index contributed by atoms with van der Waals surface area (Å²) in [5, 5.41) is 0. The molecule has 0 radical (unpaired) electrons. The van der Waals surface area contributed by atoms with Crippen LogP contribution in [0.2, 0.25) is 0 Å². The van der Waals surface area contributed by atoms with E-state index in [-0.39, 0.29) is 11.6 Å². The summed E-state index contributed by atoms with van der Waals surface area (Å²) in [4.78, 5) is 4.43. The van der Waals surface area contributed by atoms with Gasteiger partial charge in [0.1, 0.15) is 6.20 Å². The molecule has 102 valence electrons. The fraction of sp³-hybridized carbons (Fsp3) is 0.667. The summed E-state index contributed by atoms with van der Waals surface area (Å²) in [5.41, 5.74) is 0.0875. The van der Waals surface area contributed by atoms with E-state index in [1.165, 1.54) is 6.42 Å². The van der Waals surface area contributed by atoms with Gasteiger partial charge in [-0.2, -0.15) is 15.4 Å². The summed E-state index contributed by atoms with van der Waals surface area (Å²) in [7, 11) is 0. The van der Waals surface area contributed by atoms with Gasteiger partial charge in [0.2, 0.25) is 6.17 Å². The first-order valence-electron chi connectivity index (χ1n) is 6.95. The number of hydrogen-bond acceptors (Lipinski definition) is 2. The van der Waals surface area contributed by atoms with E-state index in [1.807, 2.05) is 6.92 Å². The van der Waals surface area contributed by atoms with Gasteiger partial charge in [0.25, 0.3) is 5.84 Å². The average Bonchev–Trinajstić information content (AvgIpc) is 2.41. The molecule has 3 atom stereocenters. The zero-order valence-corrected chi connectivity index (χ0v) is 12.6. The second kappa shape index (κ2) is 5.37. The topological polar surface area (TPSA) is 38.4 Å². The van der Waals surface area contributed by atoms with E-state index < -0.39 is 0 Å². The van der Waals surface area contributed by atoms with E-state index in [9.17, 15) is 0 Å². The summed E-state index contributed by atoms with van der Waals surface area (Å²) >= 11 is 0. The molecular weight excluding hydrogens is 222 g/mol. The maximum atomic E-state index is 6.24. The molecule has 0 fully saturated rings. The Kier molecular flexibility index (Phi) is 4.51. The Labute approximate surface area is 112 Å². The minimum absolute atomic E-state index is 0.0875. The molecule has 0 aromatic carbocycles. The van der Waals surface area contributed by atoms with Crippen LogP contribution in [0.15, 0.2) is 29.4 Å². The second-order valence-electron chi connectivity index (χ2n) is 5.83. The maximum absolute atomic E-state index is 6.24. The van der Waals surface area contributed by atoms with Crippen LogP contribution in [0.3, 0.4) is 0 Å². The van der Waals surface area contributed by atoms with Gasteiger partial charge in [-0.1, -0.05) is 47.1 Å². The van der Waals surface area contributed by atoms with Gasteiger partial charge in [0.15, 0.2) is 0 Å². The lowest BCUT2D eigenvalue weighted by atomic mass is 9.79. The van der Waals surface area contributed by atoms with Crippen molar-refractivity contribution >= 4 is 5.84 Å². The molecule has 3 heteroatoms. The van der Waals surface area contributed by atoms with Gasteiger partial charge in [0, 0.05) is 18.4 Å². The van der Waals surface area contributed by atoms with Crippen molar-refractivity contribution < 1.29 is 4.59 Å². The molecule has 2 N–H and O–H groups in total. The van der Waals surface area contributed by atoms with Crippen LogP contribution in [-0.2, 0) is 0 Å². The summed E-state index contributed by atoms with van der Waals surface area (Å²) in [5.74, 6) is 7.76. The predicted octanol–water partition coefficient (Wildman–Crippen LogP) is 3.60. The molecule has 0 saturated carbocycles. The van der Waals surface area contributed by atoms with E-state index in [1.54, 1.807) is 0 Å². The Balaban J connectivity index is 0.000000492. The van der Waals surface area contributed by atoms with Crippen molar-refractivity contribution in [2.24, 2.45) is 22.2 Å². The molecular formula is C15H28N3+. The molecule has 18 heavy (non-hydrogen) atoms. The van der Waals surface area contributed by atoms with Gasteiger partial charge in [-0.25, -0.2) is 0 Å². The highest BCUT2D eigenvalue weighted by molar-refractivity contribution is 5.90. The Hall–Kier alpha value is -0.930. The lowest BCUT2D eigenvalue weighted by Crippen LogP contribution is -2.65. The molecule has 2 heterocycles. The second-order valence-corrected chi connectivity index (χ2v) is 5.83. The molecule has 0 aliphatic carbocycles. The van der Waals surface area contributed by atoms with E-state index in [2.05, 4.69) is 64.0 Å². The SMILES string of the molecule is CC(C)C1(C)C=CC2=NC(C)[N+]2(N)C=C1.CCC. The monoisotopic (exact) mass is 250 g/mol. The molecule has 2 aliphatic heterocycles. The van der Waals surface area contributed by atoms with Gasteiger partial charge in [-0.05, 0) is 12.0 Å². The molecule has 2 aliphatic rings. The molecule has 3 nitrogen and oxygen atoms in total. The van der Waals surface area contributed by atoms with Crippen molar-refractivity contribution in [1.29, 1.82) is 0 Å². The third kappa shape index (κ3) is 2.57. The number of aliphatic imine (C=N–C) groups is 1. The molecule has 0 spiro atoms. The Bertz CT molecular complexity index is 381. The van der Waals surface area contributed by atoms with Crippen molar-refractivity contribution in [1.82, 2.24) is 0 Å². The fourth-order valence-corrected chi connectivity index (χ4v) is 1.87. The smallest absolute Gasteiger partial charge is 0.171 e. The van der Waals surface area contributed by atoms with Gasteiger partial charge < -0.3 is 0 Å². The Morgan fingerprint density at radius 2 is 1.94 bits per heavy atom. The van der Waals surface area contributed by atoms with Crippen molar-refractivity contribution in [2.75, 3.05) is 0 Å². The quantitative estimate of drug-likeness (QED) is 0.560. The van der Waals surface area contributed by atoms with Crippen LogP contribution < -0.4 is 5.84 Å². The molecule has 0 aromatic heterocycles. The van der Waals surface area contributed by atoms with Gasteiger partial charge in [-0.15, -0.1) is 0 Å². The van der Waals surface area contributed by atoms with Crippen LogP contribution in [0.1, 0.15) is 48.0 Å². The summed E-state index contributed by atoms with van der Waals surface area (Å²) in [6, 6.07) is 0. The van der Waals surface area contributed by atoms with Crippen LogP contribution in [0.4, 0.5) is 0 Å². The highest BCUT2D eigenvalue weighted by Crippen LogP contribution is 2.35. The largest absolute Gasteiger partial charge is 0.253 e. The number of nitrogens with zero attached hydrogens (tertiary/aromatic N) is 2. The number of allylic oxidation sites excluding steroid dienone is 2. The Morgan fingerprint density at radius 3 is 2.39 bits per heavy atom. The van der Waals surface area contributed by atoms with Crippen molar-refractivity contribution in [2.45, 2.75) is 54.1 Å². The molecule has 0 bridgehead atoms. The van der Waals surface area contributed by atoms with E-state index >= 15 is 0 Å². The highest BCUT2D eigenvalue weighted by atomic mass is 15.7. The van der Waals surface area contributed by atoms with Crippen molar-refractivity contribution in [3.05, 3.63) is 24.4 Å². The number of rotatable bonds is 1. The van der Waals surface area contributed by atoms with E-state index in [0.717, 1.165) is 5.84 Å². The first kappa shape index (κ1) is 15.1. The van der Waals surface area contributed by atoms with Gasteiger partial charge in [-0.3, -0.25) is 0 Å². The maximum Gasteiger partial charge on any atom is 0.253 e. The number of quaternary nitrogens is 1. The van der Waals surface area contributed by atoms with Crippen LogP contribution in [0, 0.1) is 11.3 Å². The fourth-order valence-electron chi connectivity index (χ4n) is 1.87. The molecule has 2 rings (SSSR count). The zero-order valence-electron chi connectivity index (χ0n) is 12.6. The number of hydrogen-bond donors (Lipinski definition) is 1. The average molecular weight is 250 g/mol. The van der Waals surface area contributed by atoms with Crippen LogP contribution in [-0.4, -0.2) is 16.6 Å². The zero-order chi connectivity index (χ0) is 14.0. The lowest BCUT2D eigenvalue weighted by Gasteiger charge is -2.38. The number of nitrogens with two attached hydrogens (primary N) is 1. The first-order valence-corrected chi connectivity index (χ1v) is 6.95. The van der Waals surface area contributed by atoms with Gasteiger partial charge >= 0.3 is 0 Å². The van der Waals surface area contributed by atoms with Crippen LogP contribution >= 0.6 is 0 Å². The molecule has 0 saturated heterocycles. The van der Waals surface area contributed by atoms with Crippen LogP contribution in [0.25, 0.3) is 0 Å². The van der Waals surface area contributed by atoms with Crippen molar-refractivity contribution in [3.8, 4) is 0 Å². The third-order valence-corrected chi connectivity index (χ3v) is 3.85. The third-order valence-electron chi connectivity index (χ3n) is 3.85. The molecule has 0 aromatic rings. The Morgan fingerprint density at radius 1 is 1.39 bits per heavy atom. The van der Waals surface area contributed by atoms with Crippen LogP contribution in [0.5, 0.6) is 0 Å². The van der Waals surface area contributed by atoms with Gasteiger partial charge in [0.05, 0.1) is 0 Å². The summed E-state index contributed by atoms with van der Waals surface area (Å²) in [6.45, 7) is 13.0. The van der Waals surface area contributed by atoms with E-state index in [0.29, 0.717) is 10.5 Å². The standard InChI is InChI=1S/C12H20N3.C3H8/c1-9(2)12(4)6-5-11-14-10(3)15(11,13)8-7-12;1-3-2/h5-10H,13H2,1-4H3;3H2,1-2H3/q+1;. The number of fused-ring (bicyclic) bond motifs is 1. The summed E-state index contributed by atoms with van der Waals surface area (Å²) in [6.07, 6.45) is 9.97. The number of amidine groups is 1. The minimum Gasteiger partial charge on any atom is -0.171 e. The molecule has 0 amide bonds. The predicted molar refractivity (Wildman–Crippen MR) is 78.5 cm³/mol. The summed E-state index contributed by atoms with van der Waals surface area (Å²) < 4.78 is 0.360. The van der Waals surface area contributed by atoms with Crippen molar-refractivity contribution in [3.63, 3.8) is 0 Å². The molecule has 3 unspecified atom stereocenters. The minimum atomic E-state index is 0.0875. The highest BCUT2D eigenvalue weighted by Gasteiger charge is 2.45. The first-order chi connectivity index (χ1) is 8.30. The lowest BCUT2D eigenvalue weighted by molar-refractivity contribution is -0.844.